The molecule has 18 heavy (non-hydrogen) atoms. The second kappa shape index (κ2) is 6.18. The highest BCUT2D eigenvalue weighted by Gasteiger charge is 2.34. The number of rotatable bonds is 6. The molecular formula is C13H25N3O2. The average molecular weight is 255 g/mol. The summed E-state index contributed by atoms with van der Waals surface area (Å²) in [5.41, 5.74) is 4.69. The summed E-state index contributed by atoms with van der Waals surface area (Å²) < 4.78 is 0. The molecule has 5 heteroatoms. The SMILES string of the molecule is CCCNC1CCCN(CC(C)(C)C(N)=O)C1=O. The van der Waals surface area contributed by atoms with Crippen LogP contribution in [0.4, 0.5) is 0 Å². The van der Waals surface area contributed by atoms with Crippen molar-refractivity contribution < 1.29 is 9.59 Å². The van der Waals surface area contributed by atoms with Crippen molar-refractivity contribution in [2.24, 2.45) is 11.1 Å². The molecule has 5 nitrogen and oxygen atoms in total. The first-order valence-electron chi connectivity index (χ1n) is 6.70. The summed E-state index contributed by atoms with van der Waals surface area (Å²) in [6, 6.07) is -0.0950. The molecule has 1 aliphatic rings. The van der Waals surface area contributed by atoms with Crippen molar-refractivity contribution >= 4 is 11.8 Å². The van der Waals surface area contributed by atoms with Crippen LogP contribution in [0.1, 0.15) is 40.0 Å². The van der Waals surface area contributed by atoms with E-state index in [-0.39, 0.29) is 17.9 Å². The number of carbonyl (C=O) groups is 2. The van der Waals surface area contributed by atoms with Gasteiger partial charge in [-0.25, -0.2) is 0 Å². The summed E-state index contributed by atoms with van der Waals surface area (Å²) in [6.07, 6.45) is 2.87. The summed E-state index contributed by atoms with van der Waals surface area (Å²) >= 11 is 0. The topological polar surface area (TPSA) is 75.4 Å². The van der Waals surface area contributed by atoms with Crippen LogP contribution in [0.25, 0.3) is 0 Å². The van der Waals surface area contributed by atoms with Crippen LogP contribution in [0.5, 0.6) is 0 Å². The third-order valence-corrected chi connectivity index (χ3v) is 3.42. The Kier molecular flexibility index (Phi) is 5.14. The molecule has 0 saturated carbocycles. The Morgan fingerprint density at radius 1 is 1.56 bits per heavy atom. The summed E-state index contributed by atoms with van der Waals surface area (Å²) in [6.45, 7) is 7.63. The fourth-order valence-electron chi connectivity index (χ4n) is 2.16. The van der Waals surface area contributed by atoms with Crippen molar-refractivity contribution in [3.8, 4) is 0 Å². The largest absolute Gasteiger partial charge is 0.369 e. The number of nitrogens with zero attached hydrogens (tertiary/aromatic N) is 1. The van der Waals surface area contributed by atoms with Crippen LogP contribution in [0.3, 0.4) is 0 Å². The first kappa shape index (κ1) is 15.0. The molecule has 104 valence electrons. The average Bonchev–Trinajstić information content (AvgIpc) is 2.30. The van der Waals surface area contributed by atoms with Gasteiger partial charge in [-0.1, -0.05) is 6.92 Å². The number of primary amides is 1. The number of carbonyl (C=O) groups excluding carboxylic acids is 2. The number of hydrogen-bond donors (Lipinski definition) is 2. The van der Waals surface area contributed by atoms with E-state index in [0.29, 0.717) is 6.54 Å². The van der Waals surface area contributed by atoms with E-state index in [4.69, 9.17) is 5.73 Å². The zero-order valence-corrected chi connectivity index (χ0v) is 11.7. The summed E-state index contributed by atoms with van der Waals surface area (Å²) in [7, 11) is 0. The number of nitrogens with two attached hydrogens (primary N) is 1. The highest BCUT2D eigenvalue weighted by Crippen LogP contribution is 2.20. The summed E-state index contributed by atoms with van der Waals surface area (Å²) in [5.74, 6) is -0.261. The van der Waals surface area contributed by atoms with Gasteiger partial charge in [-0.05, 0) is 39.7 Å². The second-order valence-electron chi connectivity index (χ2n) is 5.66. The minimum absolute atomic E-state index is 0.0950. The Balaban J connectivity index is 2.61. The molecule has 2 amide bonds. The Bertz CT molecular complexity index is 315. The van der Waals surface area contributed by atoms with Crippen molar-refractivity contribution in [1.29, 1.82) is 0 Å². The fraction of sp³-hybridized carbons (Fsp3) is 0.846. The molecule has 1 unspecified atom stereocenters. The first-order valence-corrected chi connectivity index (χ1v) is 6.70. The van der Waals surface area contributed by atoms with E-state index in [0.717, 1.165) is 32.4 Å². The highest BCUT2D eigenvalue weighted by atomic mass is 16.2. The van der Waals surface area contributed by atoms with Gasteiger partial charge in [-0.15, -0.1) is 0 Å². The van der Waals surface area contributed by atoms with E-state index >= 15 is 0 Å². The van der Waals surface area contributed by atoms with Crippen LogP contribution < -0.4 is 11.1 Å². The van der Waals surface area contributed by atoms with E-state index in [9.17, 15) is 9.59 Å². The molecule has 1 fully saturated rings. The van der Waals surface area contributed by atoms with Crippen molar-refractivity contribution in [3.05, 3.63) is 0 Å². The van der Waals surface area contributed by atoms with Crippen LogP contribution in [-0.4, -0.2) is 42.4 Å². The molecular weight excluding hydrogens is 230 g/mol. The molecule has 0 aromatic rings. The lowest BCUT2D eigenvalue weighted by Crippen LogP contribution is -2.54. The third-order valence-electron chi connectivity index (χ3n) is 3.42. The molecule has 0 spiro atoms. The van der Waals surface area contributed by atoms with Crippen LogP contribution in [0.15, 0.2) is 0 Å². The molecule has 3 N–H and O–H groups in total. The second-order valence-corrected chi connectivity index (χ2v) is 5.66. The Labute approximate surface area is 109 Å². The van der Waals surface area contributed by atoms with Gasteiger partial charge in [0.2, 0.25) is 11.8 Å². The van der Waals surface area contributed by atoms with Gasteiger partial charge in [0.15, 0.2) is 0 Å². The Hall–Kier alpha value is -1.10. The number of hydrogen-bond acceptors (Lipinski definition) is 3. The van der Waals surface area contributed by atoms with Crippen LogP contribution in [0.2, 0.25) is 0 Å². The molecule has 0 aromatic heterocycles. The zero-order chi connectivity index (χ0) is 13.8. The lowest BCUT2D eigenvalue weighted by atomic mass is 9.90. The fourth-order valence-corrected chi connectivity index (χ4v) is 2.16. The predicted molar refractivity (Wildman–Crippen MR) is 70.9 cm³/mol. The van der Waals surface area contributed by atoms with Crippen molar-refractivity contribution in [2.75, 3.05) is 19.6 Å². The molecule has 0 bridgehead atoms. The molecule has 1 atom stereocenters. The van der Waals surface area contributed by atoms with E-state index in [1.165, 1.54) is 0 Å². The molecule has 1 heterocycles. The zero-order valence-electron chi connectivity index (χ0n) is 11.7. The molecule has 0 aliphatic carbocycles. The molecule has 1 rings (SSSR count). The summed E-state index contributed by atoms with van der Waals surface area (Å²) in [4.78, 5) is 25.3. The number of nitrogens with one attached hydrogen (secondary N) is 1. The van der Waals surface area contributed by atoms with Crippen molar-refractivity contribution in [2.45, 2.75) is 46.1 Å². The van der Waals surface area contributed by atoms with E-state index in [1.807, 2.05) is 0 Å². The van der Waals surface area contributed by atoms with Crippen LogP contribution in [0, 0.1) is 5.41 Å². The van der Waals surface area contributed by atoms with E-state index in [2.05, 4.69) is 12.2 Å². The molecule has 0 aromatic carbocycles. The van der Waals surface area contributed by atoms with Gasteiger partial charge in [0.25, 0.3) is 0 Å². The van der Waals surface area contributed by atoms with Gasteiger partial charge >= 0.3 is 0 Å². The summed E-state index contributed by atoms with van der Waals surface area (Å²) in [5, 5.41) is 3.26. The standard InChI is InChI=1S/C13H25N3O2/c1-4-7-15-10-6-5-8-16(11(10)17)9-13(2,3)12(14)18/h10,15H,4-9H2,1-3H3,(H2,14,18). The van der Waals surface area contributed by atoms with Crippen LogP contribution in [-0.2, 0) is 9.59 Å². The van der Waals surface area contributed by atoms with E-state index < -0.39 is 5.41 Å². The Morgan fingerprint density at radius 2 is 2.22 bits per heavy atom. The molecule has 1 saturated heterocycles. The number of piperidine rings is 1. The van der Waals surface area contributed by atoms with Gasteiger partial charge in [0.05, 0.1) is 11.5 Å². The molecule has 1 aliphatic heterocycles. The lowest BCUT2D eigenvalue weighted by Gasteiger charge is -2.36. The van der Waals surface area contributed by atoms with Gasteiger partial charge in [-0.2, -0.15) is 0 Å². The smallest absolute Gasteiger partial charge is 0.239 e. The van der Waals surface area contributed by atoms with Crippen LogP contribution >= 0.6 is 0 Å². The van der Waals surface area contributed by atoms with E-state index in [1.54, 1.807) is 18.7 Å². The number of likely N-dealkylation sites (tertiary alicyclic amines) is 1. The maximum atomic E-state index is 12.2. The predicted octanol–water partition coefficient (Wildman–Crippen LogP) is 0.489. The minimum Gasteiger partial charge on any atom is -0.369 e. The molecule has 0 radical (unpaired) electrons. The van der Waals surface area contributed by atoms with Gasteiger partial charge in [-0.3, -0.25) is 9.59 Å². The van der Waals surface area contributed by atoms with Crippen molar-refractivity contribution in [3.63, 3.8) is 0 Å². The number of amides is 2. The first-order chi connectivity index (χ1) is 8.38. The van der Waals surface area contributed by atoms with Gasteiger partial charge < -0.3 is 16.0 Å². The van der Waals surface area contributed by atoms with Crippen molar-refractivity contribution in [1.82, 2.24) is 10.2 Å². The maximum absolute atomic E-state index is 12.2. The Morgan fingerprint density at radius 3 is 2.78 bits per heavy atom. The normalized spacial score (nSPS) is 21.2. The minimum atomic E-state index is -0.664. The van der Waals surface area contributed by atoms with Gasteiger partial charge in [0, 0.05) is 13.1 Å². The lowest BCUT2D eigenvalue weighted by molar-refractivity contribution is -0.139. The maximum Gasteiger partial charge on any atom is 0.239 e. The monoisotopic (exact) mass is 255 g/mol. The third kappa shape index (κ3) is 3.70. The quantitative estimate of drug-likeness (QED) is 0.725. The highest BCUT2D eigenvalue weighted by molar-refractivity contribution is 5.85. The van der Waals surface area contributed by atoms with Gasteiger partial charge in [0.1, 0.15) is 0 Å².